The number of halogens is 2. The molecule has 0 spiro atoms. The van der Waals surface area contributed by atoms with Crippen LogP contribution in [-0.4, -0.2) is 39.2 Å². The first-order chi connectivity index (χ1) is 15.1. The number of fused-ring (bicyclic) bond motifs is 1. The smallest absolute Gasteiger partial charge is 0.387 e. The number of benzene rings is 2. The molecule has 1 fully saturated rings. The van der Waals surface area contributed by atoms with Gasteiger partial charge in [0.1, 0.15) is 11.6 Å². The maximum atomic E-state index is 12.8. The summed E-state index contributed by atoms with van der Waals surface area (Å²) in [6.07, 6.45) is 4.85. The lowest BCUT2D eigenvalue weighted by molar-refractivity contribution is -0.0504. The number of rotatable bonds is 6. The number of aromatic nitrogens is 4. The first-order valence-corrected chi connectivity index (χ1v) is 10.2. The molecule has 158 valence electrons. The Balaban J connectivity index is 1.49. The molecule has 4 aromatic rings. The van der Waals surface area contributed by atoms with Crippen LogP contribution in [0.15, 0.2) is 54.9 Å². The summed E-state index contributed by atoms with van der Waals surface area (Å²) in [5.41, 5.74) is 4.30. The minimum Gasteiger partial charge on any atom is -0.434 e. The highest BCUT2D eigenvalue weighted by atomic mass is 19.3. The number of imidazole rings is 1. The highest BCUT2D eigenvalue weighted by molar-refractivity contribution is 5.82. The third-order valence-electron chi connectivity index (χ3n) is 5.57. The van der Waals surface area contributed by atoms with E-state index in [0.717, 1.165) is 47.0 Å². The zero-order valence-corrected chi connectivity index (χ0v) is 17.0. The quantitative estimate of drug-likeness (QED) is 0.453. The standard InChI is InChI=1S/C23H21F2N5O/c1-15-28-19-8-7-16(18-12-26-23(27-13-18)29-9-4-10-29)11-20(19)30(15)14-17-5-2-3-6-21(17)31-22(24)25/h2-3,5-8,11-13,22H,4,9-10,14H2,1H3. The maximum absolute atomic E-state index is 12.8. The summed E-state index contributed by atoms with van der Waals surface area (Å²) < 4.78 is 32.3. The van der Waals surface area contributed by atoms with E-state index in [9.17, 15) is 8.78 Å². The Kier molecular flexibility index (Phi) is 4.97. The predicted molar refractivity (Wildman–Crippen MR) is 115 cm³/mol. The van der Waals surface area contributed by atoms with Crippen LogP contribution in [0.2, 0.25) is 0 Å². The van der Waals surface area contributed by atoms with Crippen LogP contribution in [0, 0.1) is 6.92 Å². The minimum atomic E-state index is -2.87. The van der Waals surface area contributed by atoms with Gasteiger partial charge in [0.25, 0.3) is 0 Å². The van der Waals surface area contributed by atoms with Crippen molar-refractivity contribution in [2.75, 3.05) is 18.0 Å². The molecule has 5 rings (SSSR count). The molecule has 0 amide bonds. The SMILES string of the molecule is Cc1nc2ccc(-c3cnc(N4CCC4)nc3)cc2n1Cc1ccccc1OC(F)F. The van der Waals surface area contributed by atoms with E-state index in [1.807, 2.05) is 48.1 Å². The van der Waals surface area contributed by atoms with Gasteiger partial charge in [-0.15, -0.1) is 0 Å². The van der Waals surface area contributed by atoms with Crippen molar-refractivity contribution in [3.05, 3.63) is 66.2 Å². The predicted octanol–water partition coefficient (Wildman–Crippen LogP) is 4.66. The average molecular weight is 421 g/mol. The fourth-order valence-electron chi connectivity index (χ4n) is 3.79. The van der Waals surface area contributed by atoms with Crippen molar-refractivity contribution >= 4 is 17.0 Å². The molecule has 0 atom stereocenters. The van der Waals surface area contributed by atoms with Gasteiger partial charge in [0.15, 0.2) is 0 Å². The summed E-state index contributed by atoms with van der Waals surface area (Å²) in [5.74, 6) is 1.72. The number of ether oxygens (including phenoxy) is 1. The van der Waals surface area contributed by atoms with E-state index in [-0.39, 0.29) is 5.75 Å². The monoisotopic (exact) mass is 421 g/mol. The molecule has 0 N–H and O–H groups in total. The molecule has 6 nitrogen and oxygen atoms in total. The molecule has 2 aromatic heterocycles. The molecule has 2 aromatic carbocycles. The average Bonchev–Trinajstić information content (AvgIpc) is 3.03. The summed E-state index contributed by atoms with van der Waals surface area (Å²) in [6.45, 7) is 1.41. The molecule has 0 unspecified atom stereocenters. The number of alkyl halides is 2. The van der Waals surface area contributed by atoms with Crippen molar-refractivity contribution < 1.29 is 13.5 Å². The molecule has 1 aliphatic heterocycles. The van der Waals surface area contributed by atoms with Crippen LogP contribution in [0.4, 0.5) is 14.7 Å². The molecule has 1 aliphatic rings. The van der Waals surface area contributed by atoms with Gasteiger partial charge in [-0.25, -0.2) is 15.0 Å². The van der Waals surface area contributed by atoms with Crippen molar-refractivity contribution in [2.24, 2.45) is 0 Å². The van der Waals surface area contributed by atoms with Gasteiger partial charge in [0.2, 0.25) is 5.95 Å². The number of anilines is 1. The number of hydrogen-bond acceptors (Lipinski definition) is 5. The van der Waals surface area contributed by atoms with Gasteiger partial charge >= 0.3 is 6.61 Å². The Labute approximate surface area is 178 Å². The summed E-state index contributed by atoms with van der Waals surface area (Å²) in [5, 5.41) is 0. The molecular formula is C23H21F2N5O. The topological polar surface area (TPSA) is 56.1 Å². The highest BCUT2D eigenvalue weighted by Gasteiger charge is 2.17. The largest absolute Gasteiger partial charge is 0.434 e. The Morgan fingerprint density at radius 1 is 1.03 bits per heavy atom. The minimum absolute atomic E-state index is 0.171. The van der Waals surface area contributed by atoms with Crippen LogP contribution in [-0.2, 0) is 6.54 Å². The van der Waals surface area contributed by atoms with Gasteiger partial charge in [-0.2, -0.15) is 8.78 Å². The number of aryl methyl sites for hydroxylation is 1. The highest BCUT2D eigenvalue weighted by Crippen LogP contribution is 2.28. The fraction of sp³-hybridized carbons (Fsp3) is 0.261. The Hall–Kier alpha value is -3.55. The van der Waals surface area contributed by atoms with Crippen LogP contribution in [0.25, 0.3) is 22.2 Å². The summed E-state index contributed by atoms with van der Waals surface area (Å²) >= 11 is 0. The Morgan fingerprint density at radius 2 is 1.81 bits per heavy atom. The van der Waals surface area contributed by atoms with E-state index in [4.69, 9.17) is 4.74 Å². The first-order valence-electron chi connectivity index (χ1n) is 10.2. The van der Waals surface area contributed by atoms with Crippen LogP contribution in [0.5, 0.6) is 5.75 Å². The van der Waals surface area contributed by atoms with Crippen LogP contribution in [0.1, 0.15) is 17.8 Å². The van der Waals surface area contributed by atoms with E-state index in [1.54, 1.807) is 18.2 Å². The fourth-order valence-corrected chi connectivity index (χ4v) is 3.79. The van der Waals surface area contributed by atoms with Crippen LogP contribution in [0.3, 0.4) is 0 Å². The molecular weight excluding hydrogens is 400 g/mol. The maximum Gasteiger partial charge on any atom is 0.387 e. The summed E-state index contributed by atoms with van der Waals surface area (Å²) in [4.78, 5) is 15.8. The molecule has 3 heterocycles. The lowest BCUT2D eigenvalue weighted by Crippen LogP contribution is -2.38. The Bertz CT molecular complexity index is 1220. The van der Waals surface area contributed by atoms with Gasteiger partial charge in [0.05, 0.1) is 17.6 Å². The Morgan fingerprint density at radius 3 is 2.52 bits per heavy atom. The van der Waals surface area contributed by atoms with E-state index in [2.05, 4.69) is 19.9 Å². The molecule has 8 heteroatoms. The second-order valence-electron chi connectivity index (χ2n) is 7.55. The lowest BCUT2D eigenvalue weighted by Gasteiger charge is -2.30. The van der Waals surface area contributed by atoms with Gasteiger partial charge in [0, 0.05) is 36.6 Å². The number of para-hydroxylation sites is 1. The van der Waals surface area contributed by atoms with Crippen LogP contribution >= 0.6 is 0 Å². The molecule has 31 heavy (non-hydrogen) atoms. The normalized spacial score (nSPS) is 13.6. The third kappa shape index (κ3) is 3.81. The third-order valence-corrected chi connectivity index (χ3v) is 5.57. The van der Waals surface area contributed by atoms with Crippen molar-refractivity contribution in [1.82, 2.24) is 19.5 Å². The van der Waals surface area contributed by atoms with Crippen molar-refractivity contribution in [2.45, 2.75) is 26.5 Å². The van der Waals surface area contributed by atoms with Crippen molar-refractivity contribution in [3.63, 3.8) is 0 Å². The van der Waals surface area contributed by atoms with Crippen molar-refractivity contribution in [3.8, 4) is 16.9 Å². The molecule has 0 radical (unpaired) electrons. The molecule has 0 bridgehead atoms. The van der Waals surface area contributed by atoms with Crippen LogP contribution < -0.4 is 9.64 Å². The first kappa shape index (κ1) is 19.4. The second-order valence-corrected chi connectivity index (χ2v) is 7.55. The molecule has 0 saturated carbocycles. The van der Waals surface area contributed by atoms with Gasteiger partial charge in [-0.1, -0.05) is 24.3 Å². The summed E-state index contributed by atoms with van der Waals surface area (Å²) in [7, 11) is 0. The van der Waals surface area contributed by atoms with Crippen molar-refractivity contribution in [1.29, 1.82) is 0 Å². The van der Waals surface area contributed by atoms with Gasteiger partial charge in [-0.05, 0) is 37.1 Å². The zero-order valence-electron chi connectivity index (χ0n) is 17.0. The lowest BCUT2D eigenvalue weighted by atomic mass is 10.1. The zero-order chi connectivity index (χ0) is 21.4. The molecule has 1 saturated heterocycles. The second kappa shape index (κ2) is 7.94. The number of nitrogens with zero attached hydrogens (tertiary/aromatic N) is 5. The van der Waals surface area contributed by atoms with E-state index < -0.39 is 6.61 Å². The molecule has 0 aliphatic carbocycles. The van der Waals surface area contributed by atoms with E-state index in [1.165, 1.54) is 6.42 Å². The van der Waals surface area contributed by atoms with E-state index in [0.29, 0.717) is 12.1 Å². The van der Waals surface area contributed by atoms with Gasteiger partial charge < -0.3 is 14.2 Å². The van der Waals surface area contributed by atoms with Gasteiger partial charge in [-0.3, -0.25) is 0 Å². The van der Waals surface area contributed by atoms with E-state index >= 15 is 0 Å². The summed E-state index contributed by atoms with van der Waals surface area (Å²) in [6, 6.07) is 12.8. The number of hydrogen-bond donors (Lipinski definition) is 0.